The Kier molecular flexibility index (Phi) is 3.51. The molecular weight excluding hydrogens is 202 g/mol. The van der Waals surface area contributed by atoms with Crippen molar-refractivity contribution in [2.45, 2.75) is 25.3 Å². The number of amides is 1. The van der Waals surface area contributed by atoms with Crippen LogP contribution in [0.3, 0.4) is 0 Å². The van der Waals surface area contributed by atoms with Crippen LogP contribution in [0.15, 0.2) is 24.5 Å². The molecular formula is C12H17N3O. The molecule has 1 amide bonds. The quantitative estimate of drug-likeness (QED) is 0.828. The molecule has 0 aromatic carbocycles. The second-order valence-corrected chi connectivity index (χ2v) is 4.07. The molecule has 86 valence electrons. The van der Waals surface area contributed by atoms with Gasteiger partial charge in [0, 0.05) is 31.9 Å². The lowest BCUT2D eigenvalue weighted by Gasteiger charge is -2.24. The Morgan fingerprint density at radius 2 is 2.50 bits per heavy atom. The highest BCUT2D eigenvalue weighted by molar-refractivity contribution is 5.77. The fourth-order valence-corrected chi connectivity index (χ4v) is 2.25. The molecule has 0 spiro atoms. The first-order valence-corrected chi connectivity index (χ1v) is 5.72. The highest BCUT2D eigenvalue weighted by Crippen LogP contribution is 2.31. The van der Waals surface area contributed by atoms with Crippen molar-refractivity contribution in [1.29, 1.82) is 0 Å². The predicted molar refractivity (Wildman–Crippen MR) is 61.6 cm³/mol. The van der Waals surface area contributed by atoms with Crippen molar-refractivity contribution in [3.8, 4) is 0 Å². The van der Waals surface area contributed by atoms with Crippen LogP contribution in [-0.2, 0) is 4.79 Å². The summed E-state index contributed by atoms with van der Waals surface area (Å²) in [5, 5.41) is 0. The van der Waals surface area contributed by atoms with Crippen LogP contribution in [0.2, 0.25) is 0 Å². The number of carbonyl (C=O) groups is 1. The van der Waals surface area contributed by atoms with E-state index in [-0.39, 0.29) is 11.9 Å². The topological polar surface area (TPSA) is 59.2 Å². The van der Waals surface area contributed by atoms with Crippen LogP contribution in [0.25, 0.3) is 0 Å². The summed E-state index contributed by atoms with van der Waals surface area (Å²) in [4.78, 5) is 17.9. The molecule has 0 aliphatic carbocycles. The monoisotopic (exact) mass is 219 g/mol. The van der Waals surface area contributed by atoms with Crippen molar-refractivity contribution < 1.29 is 4.79 Å². The minimum atomic E-state index is 0.161. The van der Waals surface area contributed by atoms with E-state index in [1.54, 1.807) is 6.20 Å². The second-order valence-electron chi connectivity index (χ2n) is 4.07. The second kappa shape index (κ2) is 5.07. The van der Waals surface area contributed by atoms with Gasteiger partial charge in [-0.25, -0.2) is 0 Å². The van der Waals surface area contributed by atoms with Gasteiger partial charge < -0.3 is 10.6 Å². The molecule has 4 heteroatoms. The average Bonchev–Trinajstić information content (AvgIpc) is 2.79. The lowest BCUT2D eigenvalue weighted by molar-refractivity contribution is -0.131. The summed E-state index contributed by atoms with van der Waals surface area (Å²) in [5.41, 5.74) is 6.55. The molecule has 1 aliphatic heterocycles. The molecule has 1 saturated heterocycles. The third-order valence-corrected chi connectivity index (χ3v) is 3.00. The van der Waals surface area contributed by atoms with Crippen LogP contribution >= 0.6 is 0 Å². The maximum Gasteiger partial charge on any atom is 0.224 e. The van der Waals surface area contributed by atoms with E-state index in [4.69, 9.17) is 5.73 Å². The SMILES string of the molecule is NCCC(=O)N1CCCC1c1cccnc1. The van der Waals surface area contributed by atoms with Gasteiger partial charge in [0.05, 0.1) is 6.04 Å². The Morgan fingerprint density at radius 3 is 3.19 bits per heavy atom. The predicted octanol–water partition coefficient (Wildman–Crippen LogP) is 1.09. The summed E-state index contributed by atoms with van der Waals surface area (Å²) in [6.07, 6.45) is 6.14. The van der Waals surface area contributed by atoms with Crippen LogP contribution in [0.1, 0.15) is 30.9 Å². The van der Waals surface area contributed by atoms with Crippen molar-refractivity contribution in [3.05, 3.63) is 30.1 Å². The van der Waals surface area contributed by atoms with Gasteiger partial charge in [-0.3, -0.25) is 9.78 Å². The van der Waals surface area contributed by atoms with Crippen molar-refractivity contribution in [2.75, 3.05) is 13.1 Å². The van der Waals surface area contributed by atoms with Gasteiger partial charge in [-0.1, -0.05) is 6.07 Å². The Hall–Kier alpha value is -1.42. The number of rotatable bonds is 3. The van der Waals surface area contributed by atoms with E-state index in [0.717, 1.165) is 24.9 Å². The molecule has 2 rings (SSSR count). The summed E-state index contributed by atoms with van der Waals surface area (Å²) in [7, 11) is 0. The Morgan fingerprint density at radius 1 is 1.62 bits per heavy atom. The molecule has 0 radical (unpaired) electrons. The number of likely N-dealkylation sites (tertiary alicyclic amines) is 1. The number of nitrogens with two attached hydrogens (primary N) is 1. The number of aromatic nitrogens is 1. The average molecular weight is 219 g/mol. The van der Waals surface area contributed by atoms with Gasteiger partial charge in [-0.2, -0.15) is 0 Å². The van der Waals surface area contributed by atoms with Crippen LogP contribution < -0.4 is 5.73 Å². The number of pyridine rings is 1. The summed E-state index contributed by atoms with van der Waals surface area (Å²) in [6, 6.07) is 4.15. The van der Waals surface area contributed by atoms with Gasteiger partial charge in [-0.15, -0.1) is 0 Å². The molecule has 1 fully saturated rings. The highest BCUT2D eigenvalue weighted by Gasteiger charge is 2.29. The Balaban J connectivity index is 2.12. The summed E-state index contributed by atoms with van der Waals surface area (Å²) in [6.45, 7) is 1.27. The van der Waals surface area contributed by atoms with E-state index in [9.17, 15) is 4.79 Å². The van der Waals surface area contributed by atoms with Crippen molar-refractivity contribution in [2.24, 2.45) is 5.73 Å². The van der Waals surface area contributed by atoms with Gasteiger partial charge in [0.1, 0.15) is 0 Å². The van der Waals surface area contributed by atoms with Crippen LogP contribution in [-0.4, -0.2) is 28.9 Å². The third-order valence-electron chi connectivity index (χ3n) is 3.00. The van der Waals surface area contributed by atoms with Gasteiger partial charge >= 0.3 is 0 Å². The zero-order valence-electron chi connectivity index (χ0n) is 9.30. The molecule has 2 heterocycles. The first-order chi connectivity index (χ1) is 7.83. The van der Waals surface area contributed by atoms with Crippen molar-refractivity contribution in [1.82, 2.24) is 9.88 Å². The van der Waals surface area contributed by atoms with Gasteiger partial charge in [-0.05, 0) is 24.5 Å². The first kappa shape index (κ1) is 11.1. The zero-order valence-corrected chi connectivity index (χ0v) is 9.30. The molecule has 16 heavy (non-hydrogen) atoms. The molecule has 1 aromatic rings. The van der Waals surface area contributed by atoms with Crippen molar-refractivity contribution >= 4 is 5.91 Å². The summed E-state index contributed by atoms with van der Waals surface area (Å²) < 4.78 is 0. The third kappa shape index (κ3) is 2.22. The minimum absolute atomic E-state index is 0.161. The molecule has 0 bridgehead atoms. The van der Waals surface area contributed by atoms with E-state index in [0.29, 0.717) is 13.0 Å². The van der Waals surface area contributed by atoms with E-state index in [1.165, 1.54) is 0 Å². The minimum Gasteiger partial charge on any atom is -0.336 e. The lowest BCUT2D eigenvalue weighted by atomic mass is 10.1. The number of nitrogens with zero attached hydrogens (tertiary/aromatic N) is 2. The maximum atomic E-state index is 11.9. The largest absolute Gasteiger partial charge is 0.336 e. The number of hydrogen-bond donors (Lipinski definition) is 1. The molecule has 4 nitrogen and oxygen atoms in total. The van der Waals surface area contributed by atoms with E-state index in [1.807, 2.05) is 23.2 Å². The molecule has 1 atom stereocenters. The van der Waals surface area contributed by atoms with Crippen LogP contribution in [0.4, 0.5) is 0 Å². The molecule has 1 unspecified atom stereocenters. The van der Waals surface area contributed by atoms with Gasteiger partial charge in [0.15, 0.2) is 0 Å². The molecule has 0 saturated carbocycles. The fourth-order valence-electron chi connectivity index (χ4n) is 2.25. The van der Waals surface area contributed by atoms with E-state index < -0.39 is 0 Å². The van der Waals surface area contributed by atoms with Crippen LogP contribution in [0.5, 0.6) is 0 Å². The standard InChI is InChI=1S/C12H17N3O/c13-6-5-12(16)15-8-2-4-11(15)10-3-1-7-14-9-10/h1,3,7,9,11H,2,4-6,8,13H2. The number of carbonyl (C=O) groups excluding carboxylic acids is 1. The maximum absolute atomic E-state index is 11.9. The fraction of sp³-hybridized carbons (Fsp3) is 0.500. The van der Waals surface area contributed by atoms with E-state index in [2.05, 4.69) is 4.98 Å². The molecule has 2 N–H and O–H groups in total. The Labute approximate surface area is 95.5 Å². The summed E-state index contributed by atoms with van der Waals surface area (Å²) in [5.74, 6) is 0.161. The molecule has 1 aromatic heterocycles. The lowest BCUT2D eigenvalue weighted by Crippen LogP contribution is -2.31. The first-order valence-electron chi connectivity index (χ1n) is 5.72. The highest BCUT2D eigenvalue weighted by atomic mass is 16.2. The number of hydrogen-bond acceptors (Lipinski definition) is 3. The summed E-state index contributed by atoms with van der Waals surface area (Å²) >= 11 is 0. The Bertz CT molecular complexity index is 353. The van der Waals surface area contributed by atoms with E-state index >= 15 is 0 Å². The van der Waals surface area contributed by atoms with Gasteiger partial charge in [0.25, 0.3) is 0 Å². The van der Waals surface area contributed by atoms with Crippen molar-refractivity contribution in [3.63, 3.8) is 0 Å². The smallest absolute Gasteiger partial charge is 0.224 e. The van der Waals surface area contributed by atoms with Crippen LogP contribution in [0, 0.1) is 0 Å². The molecule has 1 aliphatic rings. The zero-order chi connectivity index (χ0) is 11.4. The normalized spacial score (nSPS) is 20.1. The van der Waals surface area contributed by atoms with Gasteiger partial charge in [0.2, 0.25) is 5.91 Å².